The van der Waals surface area contributed by atoms with Crippen molar-refractivity contribution in [2.24, 2.45) is 5.92 Å². The third-order valence-electron chi connectivity index (χ3n) is 5.32. The summed E-state index contributed by atoms with van der Waals surface area (Å²) in [5.41, 5.74) is 1.49. The van der Waals surface area contributed by atoms with Gasteiger partial charge in [-0.25, -0.2) is 0 Å². The van der Waals surface area contributed by atoms with Gasteiger partial charge in [0.1, 0.15) is 11.9 Å². The van der Waals surface area contributed by atoms with E-state index in [0.717, 1.165) is 17.6 Å². The van der Waals surface area contributed by atoms with Gasteiger partial charge in [-0.05, 0) is 62.1 Å². The van der Waals surface area contributed by atoms with Gasteiger partial charge < -0.3 is 9.47 Å². The molecule has 22 heavy (non-hydrogen) atoms. The van der Waals surface area contributed by atoms with E-state index in [4.69, 9.17) is 9.47 Å². The number of rotatable bonds is 7. The monoisotopic (exact) mass is 302 g/mol. The molecule has 2 atom stereocenters. The standard InChI is InChI=1S/C20H30O2/c1-3-4-5-6-16-7-9-17(10-8-16)18-11-13-19(14-12-18)22-20-15(2)21-20/h11-17,20H,3-10H2,1-2H3/t15?,16-,17-,20?. The second-order valence-electron chi connectivity index (χ2n) is 7.11. The van der Waals surface area contributed by atoms with Crippen LogP contribution in [0.2, 0.25) is 0 Å². The minimum atomic E-state index is -0.0237. The van der Waals surface area contributed by atoms with Crippen LogP contribution in [0.1, 0.15) is 76.7 Å². The summed E-state index contributed by atoms with van der Waals surface area (Å²) in [4.78, 5) is 0. The van der Waals surface area contributed by atoms with E-state index >= 15 is 0 Å². The van der Waals surface area contributed by atoms with E-state index in [0.29, 0.717) is 0 Å². The summed E-state index contributed by atoms with van der Waals surface area (Å²) < 4.78 is 11.0. The third-order valence-corrected chi connectivity index (χ3v) is 5.32. The number of hydrogen-bond donors (Lipinski definition) is 0. The molecule has 3 rings (SSSR count). The molecular formula is C20H30O2. The van der Waals surface area contributed by atoms with E-state index in [1.54, 1.807) is 0 Å². The van der Waals surface area contributed by atoms with E-state index in [9.17, 15) is 0 Å². The zero-order valence-corrected chi connectivity index (χ0v) is 14.1. The van der Waals surface area contributed by atoms with Gasteiger partial charge in [-0.15, -0.1) is 0 Å². The average molecular weight is 302 g/mol. The van der Waals surface area contributed by atoms with Gasteiger partial charge in [0.25, 0.3) is 0 Å². The smallest absolute Gasteiger partial charge is 0.226 e. The summed E-state index contributed by atoms with van der Waals surface area (Å²) >= 11 is 0. The van der Waals surface area contributed by atoms with E-state index in [1.165, 1.54) is 56.9 Å². The van der Waals surface area contributed by atoms with Gasteiger partial charge in [0.05, 0.1) is 0 Å². The van der Waals surface area contributed by atoms with Crippen molar-refractivity contribution in [3.05, 3.63) is 29.8 Å². The van der Waals surface area contributed by atoms with Crippen LogP contribution in [0.15, 0.2) is 24.3 Å². The number of epoxide rings is 1. The highest BCUT2D eigenvalue weighted by molar-refractivity contribution is 5.30. The van der Waals surface area contributed by atoms with Crippen LogP contribution >= 0.6 is 0 Å². The summed E-state index contributed by atoms with van der Waals surface area (Å²) in [7, 11) is 0. The number of benzene rings is 1. The normalized spacial score (nSPS) is 31.0. The molecular weight excluding hydrogens is 272 g/mol. The SMILES string of the molecule is CCCCC[C@H]1CC[C@H](c2ccc(OC3OC3C)cc2)CC1. The van der Waals surface area contributed by atoms with Crippen LogP contribution in [-0.4, -0.2) is 12.4 Å². The first-order valence-corrected chi connectivity index (χ1v) is 9.18. The van der Waals surface area contributed by atoms with Crippen molar-refractivity contribution in [2.75, 3.05) is 0 Å². The van der Waals surface area contributed by atoms with Gasteiger partial charge in [0, 0.05) is 0 Å². The fourth-order valence-electron chi connectivity index (χ4n) is 3.71. The van der Waals surface area contributed by atoms with Crippen LogP contribution < -0.4 is 4.74 Å². The molecule has 2 aliphatic rings. The van der Waals surface area contributed by atoms with Crippen molar-refractivity contribution in [3.8, 4) is 5.75 Å². The Morgan fingerprint density at radius 3 is 2.32 bits per heavy atom. The molecule has 1 saturated carbocycles. The Bertz CT molecular complexity index is 445. The highest BCUT2D eigenvalue weighted by Crippen LogP contribution is 2.38. The molecule has 0 aromatic heterocycles. The highest BCUT2D eigenvalue weighted by atomic mass is 16.8. The van der Waals surface area contributed by atoms with Gasteiger partial charge in [-0.3, -0.25) is 0 Å². The Morgan fingerprint density at radius 1 is 1.05 bits per heavy atom. The lowest BCUT2D eigenvalue weighted by Gasteiger charge is -2.29. The Kier molecular flexibility index (Phi) is 5.41. The second kappa shape index (κ2) is 7.50. The molecule has 2 heteroatoms. The topological polar surface area (TPSA) is 21.8 Å². The predicted molar refractivity (Wildman–Crippen MR) is 90.2 cm³/mol. The Morgan fingerprint density at radius 2 is 1.73 bits per heavy atom. The van der Waals surface area contributed by atoms with E-state index < -0.39 is 0 Å². The molecule has 0 amide bonds. The van der Waals surface area contributed by atoms with Crippen molar-refractivity contribution in [1.82, 2.24) is 0 Å². The van der Waals surface area contributed by atoms with Crippen LogP contribution in [0.4, 0.5) is 0 Å². The average Bonchev–Trinajstić information content (AvgIpc) is 3.24. The fraction of sp³-hybridized carbons (Fsp3) is 0.700. The van der Waals surface area contributed by atoms with Gasteiger partial charge in [0.2, 0.25) is 6.29 Å². The molecule has 0 N–H and O–H groups in total. The van der Waals surface area contributed by atoms with Crippen LogP contribution in [0, 0.1) is 5.92 Å². The fourth-order valence-corrected chi connectivity index (χ4v) is 3.71. The van der Waals surface area contributed by atoms with Gasteiger partial charge in [-0.2, -0.15) is 0 Å². The predicted octanol–water partition coefficient (Wildman–Crippen LogP) is 5.66. The number of unbranched alkanes of at least 4 members (excludes halogenated alkanes) is 2. The van der Waals surface area contributed by atoms with Crippen LogP contribution in [0.3, 0.4) is 0 Å². The minimum absolute atomic E-state index is 0.0237. The molecule has 1 aromatic rings. The van der Waals surface area contributed by atoms with Gasteiger partial charge >= 0.3 is 0 Å². The van der Waals surface area contributed by atoms with Crippen molar-refractivity contribution >= 4 is 0 Å². The third kappa shape index (κ3) is 4.25. The summed E-state index contributed by atoms with van der Waals surface area (Å²) in [6.07, 6.45) is 11.4. The Labute approximate surface area is 135 Å². The number of ether oxygens (including phenoxy) is 2. The summed E-state index contributed by atoms with van der Waals surface area (Å²) in [6.45, 7) is 4.33. The molecule has 122 valence electrons. The quantitative estimate of drug-likeness (QED) is 0.478. The highest BCUT2D eigenvalue weighted by Gasteiger charge is 2.36. The molecule has 1 aliphatic carbocycles. The van der Waals surface area contributed by atoms with Gasteiger partial charge in [-0.1, -0.05) is 44.7 Å². The van der Waals surface area contributed by atoms with Gasteiger partial charge in [0.15, 0.2) is 0 Å². The van der Waals surface area contributed by atoms with Crippen molar-refractivity contribution in [3.63, 3.8) is 0 Å². The maximum Gasteiger partial charge on any atom is 0.226 e. The first-order chi connectivity index (χ1) is 10.8. The maximum atomic E-state index is 5.73. The largest absolute Gasteiger partial charge is 0.462 e. The second-order valence-corrected chi connectivity index (χ2v) is 7.11. The summed E-state index contributed by atoms with van der Waals surface area (Å²) in [5, 5.41) is 0. The molecule has 0 bridgehead atoms. The number of hydrogen-bond acceptors (Lipinski definition) is 2. The van der Waals surface area contributed by atoms with Crippen molar-refractivity contribution in [1.29, 1.82) is 0 Å². The zero-order valence-electron chi connectivity index (χ0n) is 14.1. The van der Waals surface area contributed by atoms with E-state index in [1.807, 2.05) is 6.92 Å². The Hall–Kier alpha value is -1.02. The van der Waals surface area contributed by atoms with Crippen LogP contribution in [0.25, 0.3) is 0 Å². The summed E-state index contributed by atoms with van der Waals surface area (Å²) in [6, 6.07) is 8.73. The lowest BCUT2D eigenvalue weighted by Crippen LogP contribution is -2.13. The minimum Gasteiger partial charge on any atom is -0.462 e. The van der Waals surface area contributed by atoms with Crippen LogP contribution in [-0.2, 0) is 4.74 Å². The molecule has 2 unspecified atom stereocenters. The molecule has 1 saturated heterocycles. The molecule has 2 nitrogen and oxygen atoms in total. The molecule has 1 aliphatic heterocycles. The zero-order chi connectivity index (χ0) is 15.4. The lowest BCUT2D eigenvalue weighted by atomic mass is 9.77. The molecule has 0 radical (unpaired) electrons. The van der Waals surface area contributed by atoms with E-state index in [2.05, 4.69) is 31.2 Å². The molecule has 2 fully saturated rings. The molecule has 1 heterocycles. The van der Waals surface area contributed by atoms with Crippen molar-refractivity contribution < 1.29 is 9.47 Å². The molecule has 0 spiro atoms. The summed E-state index contributed by atoms with van der Waals surface area (Å²) in [5.74, 6) is 2.68. The van der Waals surface area contributed by atoms with E-state index in [-0.39, 0.29) is 12.4 Å². The van der Waals surface area contributed by atoms with Crippen molar-refractivity contribution in [2.45, 2.75) is 83.5 Å². The first-order valence-electron chi connectivity index (χ1n) is 9.18. The Balaban J connectivity index is 1.44. The maximum absolute atomic E-state index is 5.73. The van der Waals surface area contributed by atoms with Crippen LogP contribution in [0.5, 0.6) is 5.75 Å². The first kappa shape index (κ1) is 15.9. The lowest BCUT2D eigenvalue weighted by molar-refractivity contribution is 0.178. The molecule has 1 aromatic carbocycles.